The van der Waals surface area contributed by atoms with Gasteiger partial charge in [0.15, 0.2) is 0 Å². The lowest BCUT2D eigenvalue weighted by Gasteiger charge is -2.42. The molecule has 1 aliphatic heterocycles. The third-order valence-corrected chi connectivity index (χ3v) is 3.79. The van der Waals surface area contributed by atoms with E-state index in [0.717, 1.165) is 0 Å². The highest BCUT2D eigenvalue weighted by Gasteiger charge is 2.35. The summed E-state index contributed by atoms with van der Waals surface area (Å²) in [5.41, 5.74) is 0.597. The molecule has 2 heterocycles. The molecule has 0 spiro atoms. The molecule has 0 aliphatic carbocycles. The van der Waals surface area contributed by atoms with Crippen molar-refractivity contribution in [2.24, 2.45) is 5.41 Å². The minimum atomic E-state index is 0.597. The SMILES string of the molecule is CCCC1(Cc2cccs2)CNC1. The molecule has 0 amide bonds. The Balaban J connectivity index is 1.98. The normalized spacial score (nSPS) is 19.8. The van der Waals surface area contributed by atoms with Crippen LogP contribution in [0.5, 0.6) is 0 Å². The van der Waals surface area contributed by atoms with E-state index in [9.17, 15) is 0 Å². The fraction of sp³-hybridized carbons (Fsp3) is 0.636. The molecule has 2 rings (SSSR count). The van der Waals surface area contributed by atoms with Crippen molar-refractivity contribution in [2.45, 2.75) is 26.2 Å². The molecule has 1 saturated heterocycles. The van der Waals surface area contributed by atoms with Gasteiger partial charge in [0.2, 0.25) is 0 Å². The van der Waals surface area contributed by atoms with Crippen molar-refractivity contribution in [3.05, 3.63) is 22.4 Å². The average molecular weight is 195 g/mol. The van der Waals surface area contributed by atoms with E-state index < -0.39 is 0 Å². The molecule has 1 nitrogen and oxygen atoms in total. The van der Waals surface area contributed by atoms with Gasteiger partial charge in [0, 0.05) is 23.4 Å². The summed E-state index contributed by atoms with van der Waals surface area (Å²) in [6.45, 7) is 4.73. The molecular weight excluding hydrogens is 178 g/mol. The molecule has 0 aromatic carbocycles. The van der Waals surface area contributed by atoms with E-state index in [4.69, 9.17) is 0 Å². The van der Waals surface area contributed by atoms with Crippen molar-refractivity contribution in [2.75, 3.05) is 13.1 Å². The lowest BCUT2D eigenvalue weighted by Crippen LogP contribution is -2.54. The zero-order chi connectivity index (χ0) is 9.15. The summed E-state index contributed by atoms with van der Waals surface area (Å²) in [6, 6.07) is 4.42. The Morgan fingerprint density at radius 2 is 2.38 bits per heavy atom. The van der Waals surface area contributed by atoms with Crippen LogP contribution in [0.25, 0.3) is 0 Å². The number of thiophene rings is 1. The lowest BCUT2D eigenvalue weighted by molar-refractivity contribution is 0.152. The summed E-state index contributed by atoms with van der Waals surface area (Å²) >= 11 is 1.90. The predicted octanol–water partition coefficient (Wildman–Crippen LogP) is 2.68. The fourth-order valence-electron chi connectivity index (χ4n) is 2.18. The van der Waals surface area contributed by atoms with Gasteiger partial charge in [0.05, 0.1) is 0 Å². The van der Waals surface area contributed by atoms with Crippen LogP contribution in [-0.2, 0) is 6.42 Å². The molecule has 0 unspecified atom stereocenters. The van der Waals surface area contributed by atoms with Gasteiger partial charge < -0.3 is 5.32 Å². The van der Waals surface area contributed by atoms with Gasteiger partial charge in [-0.2, -0.15) is 0 Å². The Bertz CT molecular complexity index is 249. The van der Waals surface area contributed by atoms with E-state index in [0.29, 0.717) is 5.41 Å². The molecule has 72 valence electrons. The Kier molecular flexibility index (Phi) is 2.70. The zero-order valence-corrected chi connectivity index (χ0v) is 8.99. The highest BCUT2D eigenvalue weighted by atomic mass is 32.1. The Labute approximate surface area is 84.2 Å². The monoisotopic (exact) mass is 195 g/mol. The number of rotatable bonds is 4. The topological polar surface area (TPSA) is 12.0 Å². The number of hydrogen-bond donors (Lipinski definition) is 1. The molecule has 0 radical (unpaired) electrons. The van der Waals surface area contributed by atoms with Crippen LogP contribution in [0.4, 0.5) is 0 Å². The summed E-state index contributed by atoms with van der Waals surface area (Å²) in [5.74, 6) is 0. The molecule has 0 saturated carbocycles. The summed E-state index contributed by atoms with van der Waals surface area (Å²) in [4.78, 5) is 1.55. The average Bonchev–Trinajstić information content (AvgIpc) is 2.53. The van der Waals surface area contributed by atoms with Gasteiger partial charge in [-0.3, -0.25) is 0 Å². The van der Waals surface area contributed by atoms with E-state index in [1.165, 1.54) is 32.4 Å². The second kappa shape index (κ2) is 3.81. The Morgan fingerprint density at radius 3 is 2.85 bits per heavy atom. The van der Waals surface area contributed by atoms with Crippen molar-refractivity contribution in [1.29, 1.82) is 0 Å². The molecule has 0 bridgehead atoms. The van der Waals surface area contributed by atoms with Crippen LogP contribution >= 0.6 is 11.3 Å². The number of hydrogen-bond acceptors (Lipinski definition) is 2. The van der Waals surface area contributed by atoms with Crippen LogP contribution in [0.15, 0.2) is 17.5 Å². The first-order valence-electron chi connectivity index (χ1n) is 5.08. The summed E-state index contributed by atoms with van der Waals surface area (Å²) in [6.07, 6.45) is 3.97. The standard InChI is InChI=1S/C11H17NS/c1-2-5-11(8-12-9-11)7-10-4-3-6-13-10/h3-4,6,12H,2,5,7-9H2,1H3. The van der Waals surface area contributed by atoms with E-state index >= 15 is 0 Å². The van der Waals surface area contributed by atoms with Crippen LogP contribution in [0.1, 0.15) is 24.6 Å². The molecule has 1 N–H and O–H groups in total. The smallest absolute Gasteiger partial charge is 0.00517 e. The van der Waals surface area contributed by atoms with Gasteiger partial charge in [-0.05, 0) is 24.3 Å². The minimum absolute atomic E-state index is 0.597. The molecule has 0 atom stereocenters. The first kappa shape index (κ1) is 9.22. The van der Waals surface area contributed by atoms with Crippen LogP contribution in [0.3, 0.4) is 0 Å². The van der Waals surface area contributed by atoms with Crippen LogP contribution < -0.4 is 5.32 Å². The molecule has 2 heteroatoms. The quantitative estimate of drug-likeness (QED) is 0.779. The van der Waals surface area contributed by atoms with E-state index in [1.807, 2.05) is 11.3 Å². The van der Waals surface area contributed by atoms with Crippen LogP contribution in [0, 0.1) is 5.41 Å². The second-order valence-electron chi connectivity index (χ2n) is 4.11. The van der Waals surface area contributed by atoms with E-state index in [2.05, 4.69) is 29.8 Å². The van der Waals surface area contributed by atoms with Crippen LogP contribution in [0.2, 0.25) is 0 Å². The second-order valence-corrected chi connectivity index (χ2v) is 5.14. The molecule has 1 fully saturated rings. The minimum Gasteiger partial charge on any atom is -0.316 e. The maximum absolute atomic E-state index is 3.40. The Morgan fingerprint density at radius 1 is 1.54 bits per heavy atom. The van der Waals surface area contributed by atoms with Crippen molar-refractivity contribution in [3.63, 3.8) is 0 Å². The summed E-state index contributed by atoms with van der Waals surface area (Å²) in [5, 5.41) is 5.59. The fourth-order valence-corrected chi connectivity index (χ4v) is 3.06. The van der Waals surface area contributed by atoms with Gasteiger partial charge in [-0.1, -0.05) is 19.4 Å². The maximum Gasteiger partial charge on any atom is 0.00517 e. The van der Waals surface area contributed by atoms with Crippen molar-refractivity contribution in [3.8, 4) is 0 Å². The molecule has 1 aromatic rings. The van der Waals surface area contributed by atoms with Gasteiger partial charge in [-0.15, -0.1) is 11.3 Å². The highest BCUT2D eigenvalue weighted by molar-refractivity contribution is 7.09. The van der Waals surface area contributed by atoms with E-state index in [1.54, 1.807) is 4.88 Å². The summed E-state index contributed by atoms with van der Waals surface area (Å²) in [7, 11) is 0. The lowest BCUT2D eigenvalue weighted by atomic mass is 9.74. The van der Waals surface area contributed by atoms with Gasteiger partial charge in [-0.25, -0.2) is 0 Å². The van der Waals surface area contributed by atoms with Crippen molar-refractivity contribution < 1.29 is 0 Å². The first-order valence-corrected chi connectivity index (χ1v) is 5.96. The van der Waals surface area contributed by atoms with Gasteiger partial charge in [0.25, 0.3) is 0 Å². The third kappa shape index (κ3) is 1.94. The molecule has 1 aliphatic rings. The third-order valence-electron chi connectivity index (χ3n) is 2.91. The summed E-state index contributed by atoms with van der Waals surface area (Å²) < 4.78 is 0. The Hall–Kier alpha value is -0.340. The van der Waals surface area contributed by atoms with Crippen molar-refractivity contribution in [1.82, 2.24) is 5.32 Å². The van der Waals surface area contributed by atoms with Gasteiger partial charge in [0.1, 0.15) is 0 Å². The molecule has 13 heavy (non-hydrogen) atoms. The van der Waals surface area contributed by atoms with Gasteiger partial charge >= 0.3 is 0 Å². The molecular formula is C11H17NS. The number of nitrogens with one attached hydrogen (secondary N) is 1. The first-order chi connectivity index (χ1) is 6.35. The maximum atomic E-state index is 3.40. The zero-order valence-electron chi connectivity index (χ0n) is 8.18. The van der Waals surface area contributed by atoms with Crippen LogP contribution in [-0.4, -0.2) is 13.1 Å². The molecule has 1 aromatic heterocycles. The van der Waals surface area contributed by atoms with Crippen molar-refractivity contribution >= 4 is 11.3 Å². The highest BCUT2D eigenvalue weighted by Crippen LogP contribution is 2.33. The largest absolute Gasteiger partial charge is 0.316 e. The predicted molar refractivity (Wildman–Crippen MR) is 58.2 cm³/mol. The van der Waals surface area contributed by atoms with E-state index in [-0.39, 0.29) is 0 Å².